The Morgan fingerprint density at radius 1 is 1.53 bits per heavy atom. The lowest BCUT2D eigenvalue weighted by molar-refractivity contribution is -0.134. The fourth-order valence-electron chi connectivity index (χ4n) is 1.04. The lowest BCUT2D eigenvalue weighted by atomic mass is 10.2. The van der Waals surface area contributed by atoms with Crippen molar-refractivity contribution in [3.63, 3.8) is 0 Å². The van der Waals surface area contributed by atoms with E-state index in [2.05, 4.69) is 0 Å². The van der Waals surface area contributed by atoms with Crippen LogP contribution in [0.15, 0.2) is 18.2 Å². The molecule has 17 heavy (non-hydrogen) atoms. The maximum Gasteiger partial charge on any atom is 0.320 e. The van der Waals surface area contributed by atoms with Gasteiger partial charge in [-0.3, -0.25) is 9.52 Å². The first-order valence-corrected chi connectivity index (χ1v) is 6.29. The van der Waals surface area contributed by atoms with Gasteiger partial charge in [0.2, 0.25) is 10.0 Å². The van der Waals surface area contributed by atoms with E-state index in [1.807, 2.05) is 10.8 Å². The number of rotatable bonds is 4. The van der Waals surface area contributed by atoms with Crippen LogP contribution in [0.4, 0.5) is 5.69 Å². The Balaban J connectivity index is 3.03. The topological polar surface area (TPSA) is 107 Å². The zero-order chi connectivity index (χ0) is 13.1. The van der Waals surface area contributed by atoms with Crippen LogP contribution >= 0.6 is 11.6 Å². The van der Waals surface area contributed by atoms with Gasteiger partial charge in [0.15, 0.2) is 5.75 Å². The van der Waals surface area contributed by atoms with E-state index in [0.29, 0.717) is 0 Å². The summed E-state index contributed by atoms with van der Waals surface area (Å²) in [4.78, 5) is 10.3. The Kier molecular flexibility index (Phi) is 3.93. The summed E-state index contributed by atoms with van der Waals surface area (Å²) in [6.07, 6.45) is 0. The molecular weight excluding hydrogens is 268 g/mol. The van der Waals surface area contributed by atoms with Crippen molar-refractivity contribution >= 4 is 33.3 Å². The first-order chi connectivity index (χ1) is 7.84. The van der Waals surface area contributed by atoms with Gasteiger partial charge in [0.1, 0.15) is 0 Å². The number of nitriles is 1. The van der Waals surface area contributed by atoms with Gasteiger partial charge in [0, 0.05) is 0 Å². The molecule has 8 heteroatoms. The number of halogens is 1. The second-order valence-corrected chi connectivity index (χ2v) is 5.19. The number of nitrogens with zero attached hydrogens (tertiary/aromatic N) is 1. The van der Waals surface area contributed by atoms with E-state index in [1.54, 1.807) is 0 Å². The minimum atomic E-state index is -4.02. The molecule has 0 bridgehead atoms. The summed E-state index contributed by atoms with van der Waals surface area (Å²) in [6.45, 7) is 0. The molecular formula is C9H7ClN2O4S. The van der Waals surface area contributed by atoms with Gasteiger partial charge >= 0.3 is 5.97 Å². The van der Waals surface area contributed by atoms with Crippen molar-refractivity contribution in [2.24, 2.45) is 0 Å². The summed E-state index contributed by atoms with van der Waals surface area (Å²) in [5.74, 6) is -2.55. The van der Waals surface area contributed by atoms with Crippen LogP contribution in [-0.4, -0.2) is 25.2 Å². The molecule has 0 amide bonds. The second-order valence-electron chi connectivity index (χ2n) is 3.06. The quantitative estimate of drug-likeness (QED) is 0.853. The molecule has 2 N–H and O–H groups in total. The molecule has 0 saturated heterocycles. The summed E-state index contributed by atoms with van der Waals surface area (Å²) < 4.78 is 24.7. The molecule has 90 valence electrons. The van der Waals surface area contributed by atoms with Gasteiger partial charge in [-0.2, -0.15) is 5.26 Å². The lowest BCUT2D eigenvalue weighted by Gasteiger charge is -2.07. The summed E-state index contributed by atoms with van der Waals surface area (Å²) >= 11 is 5.71. The highest BCUT2D eigenvalue weighted by Crippen LogP contribution is 2.23. The maximum atomic E-state index is 11.3. The van der Waals surface area contributed by atoms with Gasteiger partial charge < -0.3 is 5.11 Å². The van der Waals surface area contributed by atoms with Crippen molar-refractivity contribution in [3.05, 3.63) is 28.8 Å². The molecule has 1 aromatic rings. The number of nitrogens with one attached hydrogen (secondary N) is 1. The third-order valence-electron chi connectivity index (χ3n) is 1.67. The highest BCUT2D eigenvalue weighted by atomic mass is 35.5. The minimum Gasteiger partial charge on any atom is -0.480 e. The van der Waals surface area contributed by atoms with Gasteiger partial charge in [-0.05, 0) is 18.2 Å². The number of sulfonamides is 1. The molecule has 0 aliphatic rings. The first kappa shape index (κ1) is 13.3. The van der Waals surface area contributed by atoms with E-state index in [-0.39, 0.29) is 16.3 Å². The van der Waals surface area contributed by atoms with Crippen LogP contribution in [0.25, 0.3) is 0 Å². The van der Waals surface area contributed by atoms with Crippen LogP contribution in [-0.2, 0) is 14.8 Å². The molecule has 0 fully saturated rings. The molecule has 1 rings (SSSR count). The molecule has 1 aromatic carbocycles. The number of hydrogen-bond donors (Lipinski definition) is 2. The fourth-order valence-corrected chi connectivity index (χ4v) is 2.16. The molecule has 0 spiro atoms. The molecule has 0 unspecified atom stereocenters. The SMILES string of the molecule is N#Cc1ccc(Cl)c(NS(=O)(=O)CC(=O)O)c1. The molecule has 0 radical (unpaired) electrons. The largest absolute Gasteiger partial charge is 0.480 e. The van der Waals surface area contributed by atoms with Crippen molar-refractivity contribution in [1.29, 1.82) is 5.26 Å². The number of aliphatic carboxylic acids is 1. The van der Waals surface area contributed by atoms with E-state index in [0.717, 1.165) is 0 Å². The van der Waals surface area contributed by atoms with Crippen LogP contribution in [0.5, 0.6) is 0 Å². The van der Waals surface area contributed by atoms with Crippen molar-refractivity contribution in [3.8, 4) is 6.07 Å². The fraction of sp³-hybridized carbons (Fsp3) is 0.111. The van der Waals surface area contributed by atoms with E-state index in [4.69, 9.17) is 22.0 Å². The zero-order valence-electron chi connectivity index (χ0n) is 8.34. The highest BCUT2D eigenvalue weighted by molar-refractivity contribution is 7.93. The molecule has 0 aromatic heterocycles. The second kappa shape index (κ2) is 5.03. The number of carbonyl (C=O) groups is 1. The Bertz CT molecular complexity index is 592. The van der Waals surface area contributed by atoms with Gasteiger partial charge in [0.05, 0.1) is 22.3 Å². The van der Waals surface area contributed by atoms with Crippen LogP contribution in [0.3, 0.4) is 0 Å². The molecule has 0 saturated carbocycles. The van der Waals surface area contributed by atoms with E-state index in [9.17, 15) is 13.2 Å². The summed E-state index contributed by atoms with van der Waals surface area (Å²) in [5, 5.41) is 17.1. The van der Waals surface area contributed by atoms with Crippen molar-refractivity contribution in [2.45, 2.75) is 0 Å². The van der Waals surface area contributed by atoms with Gasteiger partial charge in [-0.1, -0.05) is 11.6 Å². The van der Waals surface area contributed by atoms with Crippen molar-refractivity contribution in [1.82, 2.24) is 0 Å². The average Bonchev–Trinajstić information content (AvgIpc) is 2.19. The van der Waals surface area contributed by atoms with Crippen molar-refractivity contribution < 1.29 is 18.3 Å². The van der Waals surface area contributed by atoms with Gasteiger partial charge in [0.25, 0.3) is 0 Å². The van der Waals surface area contributed by atoms with E-state index in [1.165, 1.54) is 18.2 Å². The van der Waals surface area contributed by atoms with Crippen LogP contribution in [0.1, 0.15) is 5.56 Å². The number of hydrogen-bond acceptors (Lipinski definition) is 4. The van der Waals surface area contributed by atoms with Gasteiger partial charge in [-0.15, -0.1) is 0 Å². The minimum absolute atomic E-state index is 0.0213. The van der Waals surface area contributed by atoms with Crippen LogP contribution < -0.4 is 4.72 Å². The maximum absolute atomic E-state index is 11.3. The Labute approximate surface area is 102 Å². The number of carboxylic acids is 1. The standard InChI is InChI=1S/C9H7ClN2O4S/c10-7-2-1-6(4-11)3-8(7)12-17(15,16)5-9(13)14/h1-3,12H,5H2,(H,13,14). The third kappa shape index (κ3) is 3.94. The smallest absolute Gasteiger partial charge is 0.320 e. The third-order valence-corrected chi connectivity index (χ3v) is 3.16. The Morgan fingerprint density at radius 3 is 2.71 bits per heavy atom. The van der Waals surface area contributed by atoms with Gasteiger partial charge in [-0.25, -0.2) is 8.42 Å². The highest BCUT2D eigenvalue weighted by Gasteiger charge is 2.17. The number of carboxylic acid groups (broad SMARTS) is 1. The normalized spacial score (nSPS) is 10.6. The Hall–Kier alpha value is -1.78. The Morgan fingerprint density at radius 2 is 2.18 bits per heavy atom. The monoisotopic (exact) mass is 274 g/mol. The average molecular weight is 275 g/mol. The molecule has 0 atom stereocenters. The molecule has 6 nitrogen and oxygen atoms in total. The molecule has 0 heterocycles. The predicted octanol–water partition coefficient (Wildman–Crippen LogP) is 1.04. The van der Waals surface area contributed by atoms with E-state index < -0.39 is 21.7 Å². The van der Waals surface area contributed by atoms with Crippen molar-refractivity contribution in [2.75, 3.05) is 10.5 Å². The molecule has 0 aliphatic carbocycles. The number of anilines is 1. The molecule has 0 aliphatic heterocycles. The van der Waals surface area contributed by atoms with Crippen LogP contribution in [0.2, 0.25) is 5.02 Å². The predicted molar refractivity (Wildman–Crippen MR) is 61.2 cm³/mol. The van der Waals surface area contributed by atoms with Crippen LogP contribution in [0, 0.1) is 11.3 Å². The summed E-state index contributed by atoms with van der Waals surface area (Å²) in [7, 11) is -4.02. The number of benzene rings is 1. The summed E-state index contributed by atoms with van der Waals surface area (Å²) in [6, 6.07) is 5.80. The zero-order valence-corrected chi connectivity index (χ0v) is 9.92. The van der Waals surface area contributed by atoms with E-state index >= 15 is 0 Å². The first-order valence-electron chi connectivity index (χ1n) is 4.26. The lowest BCUT2D eigenvalue weighted by Crippen LogP contribution is -2.22. The summed E-state index contributed by atoms with van der Waals surface area (Å²) in [5.41, 5.74) is 0.189.